The van der Waals surface area contributed by atoms with E-state index >= 15 is 0 Å². The Hall–Kier alpha value is -4.73. The van der Waals surface area contributed by atoms with Crippen molar-refractivity contribution in [1.29, 1.82) is 0 Å². The molecule has 216 valence electrons. The number of nitrogens with zero attached hydrogens (tertiary/aromatic N) is 4. The number of nitrogens with one attached hydrogen (secondary N) is 1. The van der Waals surface area contributed by atoms with Gasteiger partial charge in [0.05, 0.1) is 31.1 Å². The summed E-state index contributed by atoms with van der Waals surface area (Å²) in [5, 5.41) is 4.11. The number of carbonyl (C=O) groups is 1. The zero-order chi connectivity index (χ0) is 29.4. The maximum atomic E-state index is 14.6. The fourth-order valence-corrected chi connectivity index (χ4v) is 6.12. The van der Waals surface area contributed by atoms with Gasteiger partial charge >= 0.3 is 0 Å². The maximum Gasteiger partial charge on any atom is 0.245 e. The van der Waals surface area contributed by atoms with Gasteiger partial charge in [-0.1, -0.05) is 12.6 Å². The second-order valence-electron chi connectivity index (χ2n) is 10.9. The van der Waals surface area contributed by atoms with Crippen LogP contribution >= 0.6 is 0 Å². The van der Waals surface area contributed by atoms with Crippen LogP contribution in [0.3, 0.4) is 0 Å². The molecule has 3 aromatic carbocycles. The van der Waals surface area contributed by atoms with E-state index < -0.39 is 11.6 Å². The predicted octanol–water partition coefficient (Wildman–Crippen LogP) is 5.95. The molecule has 0 saturated carbocycles. The highest BCUT2D eigenvalue weighted by Crippen LogP contribution is 2.46. The SMILES string of the molecule is C=CC(=O)N1CCCC2(C1)CN(c1cc3c(Nc4cc(-c5ccc(F)cc5F)ccc4OC)ncnc3cc1OC)C2. The summed E-state index contributed by atoms with van der Waals surface area (Å²) in [6, 6.07) is 12.6. The van der Waals surface area contributed by atoms with E-state index in [1.807, 2.05) is 17.0 Å². The van der Waals surface area contributed by atoms with Crippen molar-refractivity contribution in [2.75, 3.05) is 50.6 Å². The van der Waals surface area contributed by atoms with Gasteiger partial charge in [0.25, 0.3) is 0 Å². The van der Waals surface area contributed by atoms with Crippen LogP contribution in [0.15, 0.2) is 67.5 Å². The number of hydrogen-bond donors (Lipinski definition) is 1. The number of piperidine rings is 1. The Kier molecular flexibility index (Phi) is 7.14. The van der Waals surface area contributed by atoms with Crippen molar-refractivity contribution < 1.29 is 23.0 Å². The van der Waals surface area contributed by atoms with Gasteiger partial charge in [0, 0.05) is 54.7 Å². The van der Waals surface area contributed by atoms with Crippen LogP contribution in [0.4, 0.5) is 26.0 Å². The van der Waals surface area contributed by atoms with Gasteiger partial charge < -0.3 is 24.6 Å². The Balaban J connectivity index is 1.33. The normalized spacial score (nSPS) is 15.8. The number of methoxy groups -OCH3 is 2. The van der Waals surface area contributed by atoms with Crippen LogP contribution in [0.2, 0.25) is 0 Å². The smallest absolute Gasteiger partial charge is 0.245 e. The molecular weight excluding hydrogens is 540 g/mol. The van der Waals surface area contributed by atoms with Gasteiger partial charge in [-0.05, 0) is 54.8 Å². The third-order valence-corrected chi connectivity index (χ3v) is 8.17. The average molecular weight is 572 g/mol. The summed E-state index contributed by atoms with van der Waals surface area (Å²) in [5.41, 5.74) is 3.02. The van der Waals surface area contributed by atoms with Crippen LogP contribution in [0.5, 0.6) is 11.5 Å². The molecule has 10 heteroatoms. The molecule has 1 N–H and O–H groups in total. The quantitative estimate of drug-likeness (QED) is 0.275. The summed E-state index contributed by atoms with van der Waals surface area (Å²) in [6.07, 6.45) is 4.87. The van der Waals surface area contributed by atoms with Crippen LogP contribution in [-0.2, 0) is 4.79 Å². The monoisotopic (exact) mass is 571 g/mol. The lowest BCUT2D eigenvalue weighted by atomic mass is 9.73. The standard InChI is InChI=1S/C32H31F2N5O3/c1-4-30(40)38-11-5-10-32(16-38)17-39(18-32)27-14-23-25(15-29(27)42-3)35-19-36-31(23)37-26-12-20(6-9-28(26)41-2)22-8-7-21(33)13-24(22)34/h4,6-9,12-15,19H,1,5,10-11,16-18H2,2-3H3,(H,35,36,37). The molecule has 8 nitrogen and oxygen atoms in total. The third-order valence-electron chi connectivity index (χ3n) is 8.17. The minimum atomic E-state index is -0.655. The van der Waals surface area contributed by atoms with E-state index in [2.05, 4.69) is 26.8 Å². The highest BCUT2D eigenvalue weighted by atomic mass is 19.1. The summed E-state index contributed by atoms with van der Waals surface area (Å²) in [4.78, 5) is 25.4. The van der Waals surface area contributed by atoms with Crippen molar-refractivity contribution in [3.8, 4) is 22.6 Å². The van der Waals surface area contributed by atoms with Crippen molar-refractivity contribution in [1.82, 2.24) is 14.9 Å². The molecule has 0 bridgehead atoms. The minimum absolute atomic E-state index is 0.0228. The van der Waals surface area contributed by atoms with Crippen LogP contribution in [0, 0.1) is 17.0 Å². The van der Waals surface area contributed by atoms with Gasteiger partial charge in [-0.25, -0.2) is 18.7 Å². The molecule has 2 aliphatic heterocycles. The van der Waals surface area contributed by atoms with Crippen molar-refractivity contribution >= 4 is 34.0 Å². The highest BCUT2D eigenvalue weighted by molar-refractivity contribution is 5.96. The molecule has 0 aliphatic carbocycles. The van der Waals surface area contributed by atoms with Crippen LogP contribution in [-0.4, -0.2) is 61.2 Å². The highest BCUT2D eigenvalue weighted by Gasteiger charge is 2.47. The number of likely N-dealkylation sites (tertiary alicyclic amines) is 1. The summed E-state index contributed by atoms with van der Waals surface area (Å²) < 4.78 is 39.4. The van der Waals surface area contributed by atoms with Crippen molar-refractivity contribution in [3.63, 3.8) is 0 Å². The van der Waals surface area contributed by atoms with E-state index in [9.17, 15) is 13.6 Å². The first kappa shape index (κ1) is 27.4. The number of carbonyl (C=O) groups excluding carboxylic acids is 1. The van der Waals surface area contributed by atoms with Crippen molar-refractivity contribution in [3.05, 3.63) is 79.1 Å². The number of anilines is 3. The lowest BCUT2D eigenvalue weighted by Crippen LogP contribution is -2.63. The molecule has 4 aromatic rings. The Morgan fingerprint density at radius 3 is 2.57 bits per heavy atom. The number of aromatic nitrogens is 2. The van der Waals surface area contributed by atoms with E-state index in [1.165, 1.54) is 24.5 Å². The first-order valence-corrected chi connectivity index (χ1v) is 13.7. The van der Waals surface area contributed by atoms with E-state index in [0.717, 1.165) is 49.6 Å². The predicted molar refractivity (Wildman–Crippen MR) is 158 cm³/mol. The molecule has 2 fully saturated rings. The van der Waals surface area contributed by atoms with E-state index in [0.29, 0.717) is 40.6 Å². The Morgan fingerprint density at radius 1 is 1.02 bits per heavy atom. The van der Waals surface area contributed by atoms with Gasteiger partial charge in [0.1, 0.15) is 35.3 Å². The van der Waals surface area contributed by atoms with E-state index in [4.69, 9.17) is 9.47 Å². The number of ether oxygens (including phenoxy) is 2. The molecular formula is C32H31F2N5O3. The number of fused-ring (bicyclic) bond motifs is 1. The molecule has 1 spiro atoms. The summed E-state index contributed by atoms with van der Waals surface area (Å²) in [6.45, 7) is 6.71. The Bertz CT molecular complexity index is 1690. The lowest BCUT2D eigenvalue weighted by Gasteiger charge is -2.55. The van der Waals surface area contributed by atoms with E-state index in [1.54, 1.807) is 32.4 Å². The minimum Gasteiger partial charge on any atom is -0.495 e. The zero-order valence-corrected chi connectivity index (χ0v) is 23.5. The second-order valence-corrected chi connectivity index (χ2v) is 10.9. The first-order valence-electron chi connectivity index (χ1n) is 13.7. The lowest BCUT2D eigenvalue weighted by molar-refractivity contribution is -0.130. The van der Waals surface area contributed by atoms with Gasteiger partial charge in [-0.2, -0.15) is 0 Å². The molecule has 2 saturated heterocycles. The fourth-order valence-electron chi connectivity index (χ4n) is 6.12. The zero-order valence-electron chi connectivity index (χ0n) is 23.5. The molecule has 42 heavy (non-hydrogen) atoms. The number of amides is 1. The number of hydrogen-bond acceptors (Lipinski definition) is 7. The number of halogens is 2. The topological polar surface area (TPSA) is 79.8 Å². The molecule has 1 aromatic heterocycles. The van der Waals surface area contributed by atoms with E-state index in [-0.39, 0.29) is 16.9 Å². The van der Waals surface area contributed by atoms with Gasteiger partial charge in [-0.3, -0.25) is 4.79 Å². The number of rotatable bonds is 7. The molecule has 3 heterocycles. The van der Waals surface area contributed by atoms with Gasteiger partial charge in [0.2, 0.25) is 5.91 Å². The third kappa shape index (κ3) is 4.97. The van der Waals surface area contributed by atoms with Crippen LogP contribution in [0.25, 0.3) is 22.0 Å². The largest absolute Gasteiger partial charge is 0.495 e. The Labute approximate surface area is 242 Å². The molecule has 2 aliphatic rings. The van der Waals surface area contributed by atoms with Gasteiger partial charge in [0.15, 0.2) is 0 Å². The summed E-state index contributed by atoms with van der Waals surface area (Å²) in [5.74, 6) is 0.448. The molecule has 0 radical (unpaired) electrons. The number of benzene rings is 3. The maximum absolute atomic E-state index is 14.6. The molecule has 1 amide bonds. The summed E-state index contributed by atoms with van der Waals surface area (Å²) in [7, 11) is 3.19. The molecule has 0 atom stereocenters. The summed E-state index contributed by atoms with van der Waals surface area (Å²) >= 11 is 0. The fraction of sp³-hybridized carbons (Fsp3) is 0.281. The molecule has 0 unspecified atom stereocenters. The van der Waals surface area contributed by atoms with Crippen LogP contribution < -0.4 is 19.7 Å². The van der Waals surface area contributed by atoms with Crippen molar-refractivity contribution in [2.24, 2.45) is 5.41 Å². The Morgan fingerprint density at radius 2 is 1.83 bits per heavy atom. The average Bonchev–Trinajstić information content (AvgIpc) is 2.99. The van der Waals surface area contributed by atoms with Gasteiger partial charge in [-0.15, -0.1) is 0 Å². The first-order chi connectivity index (χ1) is 20.3. The molecule has 6 rings (SSSR count). The van der Waals surface area contributed by atoms with Crippen molar-refractivity contribution in [2.45, 2.75) is 12.8 Å². The van der Waals surface area contributed by atoms with Crippen LogP contribution in [0.1, 0.15) is 12.8 Å². The second kappa shape index (κ2) is 10.9.